The van der Waals surface area contributed by atoms with Crippen LogP contribution in [0.1, 0.15) is 60.8 Å². The third kappa shape index (κ3) is 2.15. The van der Waals surface area contributed by atoms with Gasteiger partial charge in [-0.25, -0.2) is 4.79 Å². The summed E-state index contributed by atoms with van der Waals surface area (Å²) in [6.07, 6.45) is 3.96. The number of esters is 1. The zero-order valence-corrected chi connectivity index (χ0v) is 15.9. The highest BCUT2D eigenvalue weighted by molar-refractivity contribution is 5.87. The van der Waals surface area contributed by atoms with E-state index in [0.717, 1.165) is 19.3 Å². The number of ether oxygens (including phenoxy) is 2. The Morgan fingerprint density at radius 2 is 1.96 bits per heavy atom. The van der Waals surface area contributed by atoms with E-state index in [9.17, 15) is 9.90 Å². The lowest BCUT2D eigenvalue weighted by Gasteiger charge is -2.60. The zero-order chi connectivity index (χ0) is 17.9. The molecule has 136 valence electrons. The van der Waals surface area contributed by atoms with Crippen molar-refractivity contribution in [3.63, 3.8) is 0 Å². The molecule has 4 heteroatoms. The van der Waals surface area contributed by atoms with E-state index >= 15 is 0 Å². The van der Waals surface area contributed by atoms with Crippen LogP contribution < -0.4 is 0 Å². The molecule has 3 fully saturated rings. The van der Waals surface area contributed by atoms with E-state index in [1.807, 2.05) is 6.92 Å². The van der Waals surface area contributed by atoms with Crippen LogP contribution in [0.5, 0.6) is 0 Å². The third-order valence-corrected chi connectivity index (χ3v) is 8.04. The molecule has 2 aliphatic carbocycles. The van der Waals surface area contributed by atoms with E-state index < -0.39 is 6.29 Å². The first-order valence-electron chi connectivity index (χ1n) is 9.22. The van der Waals surface area contributed by atoms with E-state index in [2.05, 4.69) is 27.7 Å². The first-order valence-corrected chi connectivity index (χ1v) is 9.22. The van der Waals surface area contributed by atoms with E-state index in [1.165, 1.54) is 0 Å². The Hall–Kier alpha value is -0.870. The maximum atomic E-state index is 12.3. The van der Waals surface area contributed by atoms with Gasteiger partial charge in [0, 0.05) is 16.9 Å². The molecule has 1 saturated heterocycles. The molecule has 1 aliphatic heterocycles. The summed E-state index contributed by atoms with van der Waals surface area (Å²) < 4.78 is 11.5. The van der Waals surface area contributed by atoms with E-state index in [1.54, 1.807) is 13.0 Å². The Morgan fingerprint density at radius 1 is 1.29 bits per heavy atom. The van der Waals surface area contributed by atoms with Crippen LogP contribution in [0.4, 0.5) is 0 Å². The number of rotatable bonds is 2. The quantitative estimate of drug-likeness (QED) is 0.617. The normalized spacial score (nSPS) is 47.2. The maximum Gasteiger partial charge on any atom is 0.333 e. The van der Waals surface area contributed by atoms with E-state index in [4.69, 9.17) is 9.47 Å². The molecule has 0 aromatic carbocycles. The predicted octanol–water partition coefficient (Wildman–Crippen LogP) is 3.68. The van der Waals surface area contributed by atoms with Gasteiger partial charge in [0.1, 0.15) is 6.10 Å². The van der Waals surface area contributed by atoms with Gasteiger partial charge < -0.3 is 14.6 Å². The second-order valence-electron chi connectivity index (χ2n) is 9.10. The highest BCUT2D eigenvalue weighted by atomic mass is 16.6. The number of aliphatic hydroxyl groups excluding tert-OH is 1. The molecule has 2 saturated carbocycles. The molecule has 6 atom stereocenters. The minimum Gasteiger partial charge on any atom is -0.458 e. The van der Waals surface area contributed by atoms with Gasteiger partial charge in [0.05, 0.1) is 6.61 Å². The molecule has 3 aliphatic rings. The number of carbonyl (C=O) groups is 1. The minimum atomic E-state index is -0.701. The molecule has 0 amide bonds. The molecule has 0 spiro atoms. The fraction of sp³-hybridized carbons (Fsp3) is 0.850. The van der Waals surface area contributed by atoms with Crippen LogP contribution in [0.2, 0.25) is 0 Å². The summed E-state index contributed by atoms with van der Waals surface area (Å²) in [6, 6.07) is 0. The molecule has 0 bridgehead atoms. The predicted molar refractivity (Wildman–Crippen MR) is 92.1 cm³/mol. The van der Waals surface area contributed by atoms with Crippen LogP contribution in [0.25, 0.3) is 0 Å². The summed E-state index contributed by atoms with van der Waals surface area (Å²) in [7, 11) is 0. The summed E-state index contributed by atoms with van der Waals surface area (Å²) in [5.74, 6) is 0.295. The highest BCUT2D eigenvalue weighted by Crippen LogP contribution is 2.73. The Morgan fingerprint density at radius 3 is 2.58 bits per heavy atom. The largest absolute Gasteiger partial charge is 0.458 e. The zero-order valence-electron chi connectivity index (χ0n) is 15.9. The molecule has 0 unspecified atom stereocenters. The van der Waals surface area contributed by atoms with Gasteiger partial charge in [-0.05, 0) is 49.9 Å². The monoisotopic (exact) mass is 336 g/mol. The van der Waals surface area contributed by atoms with Gasteiger partial charge in [0.2, 0.25) is 0 Å². The molecular formula is C20H32O4. The van der Waals surface area contributed by atoms with Crippen molar-refractivity contribution in [1.82, 2.24) is 0 Å². The smallest absolute Gasteiger partial charge is 0.333 e. The first-order chi connectivity index (χ1) is 11.1. The Bertz CT molecular complexity index is 566. The number of carbonyl (C=O) groups excluding carboxylic acids is 1. The lowest BCUT2D eigenvalue weighted by molar-refractivity contribution is -0.214. The average Bonchev–Trinajstić information content (AvgIpc) is 2.99. The highest BCUT2D eigenvalue weighted by Gasteiger charge is 2.71. The van der Waals surface area contributed by atoms with Crippen LogP contribution in [0, 0.1) is 28.1 Å². The van der Waals surface area contributed by atoms with Crippen molar-refractivity contribution in [2.75, 3.05) is 6.61 Å². The van der Waals surface area contributed by atoms with Crippen molar-refractivity contribution in [2.45, 2.75) is 73.2 Å². The van der Waals surface area contributed by atoms with Gasteiger partial charge in [-0.1, -0.05) is 33.8 Å². The number of hydrogen-bond acceptors (Lipinski definition) is 4. The van der Waals surface area contributed by atoms with Crippen LogP contribution in [-0.2, 0) is 14.3 Å². The molecule has 1 heterocycles. The summed E-state index contributed by atoms with van der Waals surface area (Å²) in [5.41, 5.74) is 0.443. The van der Waals surface area contributed by atoms with Crippen molar-refractivity contribution in [1.29, 1.82) is 0 Å². The Kier molecular flexibility index (Phi) is 4.16. The Labute approximate surface area is 145 Å². The number of hydrogen-bond donors (Lipinski definition) is 1. The molecule has 3 rings (SSSR count). The Balaban J connectivity index is 1.95. The minimum absolute atomic E-state index is 0.113. The molecule has 0 aromatic heterocycles. The SMILES string of the molecule is C/C=C(\C)C(=O)O[C@H]1CC[C@]2(C)C[C@H]3CO[C@H](O)[C@H]3[C@]2(C)C1(C)C. The van der Waals surface area contributed by atoms with Gasteiger partial charge >= 0.3 is 5.97 Å². The van der Waals surface area contributed by atoms with Crippen LogP contribution >= 0.6 is 0 Å². The second kappa shape index (κ2) is 5.57. The first kappa shape index (κ1) is 17.9. The topological polar surface area (TPSA) is 55.8 Å². The van der Waals surface area contributed by atoms with Crippen molar-refractivity contribution in [3.8, 4) is 0 Å². The third-order valence-electron chi connectivity index (χ3n) is 8.04. The second-order valence-corrected chi connectivity index (χ2v) is 9.10. The van der Waals surface area contributed by atoms with E-state index in [0.29, 0.717) is 18.1 Å². The van der Waals surface area contributed by atoms with Crippen molar-refractivity contribution < 1.29 is 19.4 Å². The standard InChI is InChI=1S/C20H32O4/c1-7-12(2)16(21)24-14-8-9-19(5)10-13-11-23-17(22)15(13)20(19,6)18(14,3)4/h7,13-15,17,22H,8-11H2,1-6H3/b12-7+/t13-,14-,15-,17-,19+,20+/m0/s1. The fourth-order valence-corrected chi connectivity index (χ4v) is 6.06. The molecular weight excluding hydrogens is 304 g/mol. The molecule has 4 nitrogen and oxygen atoms in total. The van der Waals surface area contributed by atoms with Gasteiger partial charge in [0.15, 0.2) is 6.29 Å². The number of aliphatic hydroxyl groups is 1. The summed E-state index contributed by atoms with van der Waals surface area (Å²) >= 11 is 0. The lowest BCUT2D eigenvalue weighted by atomic mass is 9.45. The van der Waals surface area contributed by atoms with Crippen LogP contribution in [0.15, 0.2) is 11.6 Å². The summed E-state index contributed by atoms with van der Waals surface area (Å²) in [6.45, 7) is 13.4. The van der Waals surface area contributed by atoms with Crippen molar-refractivity contribution in [2.24, 2.45) is 28.1 Å². The van der Waals surface area contributed by atoms with Crippen LogP contribution in [0.3, 0.4) is 0 Å². The molecule has 1 N–H and O–H groups in total. The maximum absolute atomic E-state index is 12.3. The van der Waals surface area contributed by atoms with Gasteiger partial charge in [-0.3, -0.25) is 0 Å². The summed E-state index contributed by atoms with van der Waals surface area (Å²) in [5, 5.41) is 10.5. The van der Waals surface area contributed by atoms with E-state index in [-0.39, 0.29) is 34.2 Å². The van der Waals surface area contributed by atoms with Crippen molar-refractivity contribution in [3.05, 3.63) is 11.6 Å². The number of allylic oxidation sites excluding steroid dienone is 1. The molecule has 0 radical (unpaired) electrons. The fourth-order valence-electron chi connectivity index (χ4n) is 6.06. The molecule has 0 aromatic rings. The summed E-state index contributed by atoms with van der Waals surface area (Å²) in [4.78, 5) is 12.3. The lowest BCUT2D eigenvalue weighted by Crippen LogP contribution is -2.59. The molecule has 24 heavy (non-hydrogen) atoms. The average molecular weight is 336 g/mol. The van der Waals surface area contributed by atoms with Gasteiger partial charge in [0.25, 0.3) is 0 Å². The van der Waals surface area contributed by atoms with Gasteiger partial charge in [-0.2, -0.15) is 0 Å². The van der Waals surface area contributed by atoms with Gasteiger partial charge in [-0.15, -0.1) is 0 Å². The van der Waals surface area contributed by atoms with Crippen LogP contribution in [-0.4, -0.2) is 30.1 Å². The number of fused-ring (bicyclic) bond motifs is 3. The van der Waals surface area contributed by atoms with Crippen molar-refractivity contribution >= 4 is 5.97 Å².